The van der Waals surface area contributed by atoms with Crippen molar-refractivity contribution in [3.05, 3.63) is 23.7 Å². The number of nitrogens with zero attached hydrogens (tertiary/aromatic N) is 1. The Morgan fingerprint density at radius 3 is 2.95 bits per heavy atom. The number of esters is 1. The number of hydrogen-bond donors (Lipinski definition) is 1. The molecule has 5 nitrogen and oxygen atoms in total. The third-order valence-corrected chi connectivity index (χ3v) is 4.33. The lowest BCUT2D eigenvalue weighted by atomic mass is 9.84. The molecule has 19 heavy (non-hydrogen) atoms. The maximum absolute atomic E-state index is 11.5. The molecule has 3 fully saturated rings. The third-order valence-electron chi connectivity index (χ3n) is 4.33. The molecule has 0 aromatic carbocycles. The second-order valence-corrected chi connectivity index (χ2v) is 5.39. The van der Waals surface area contributed by atoms with E-state index in [1.165, 1.54) is 33.0 Å². The summed E-state index contributed by atoms with van der Waals surface area (Å²) in [6, 6.07) is 2.36. The van der Waals surface area contributed by atoms with Crippen LogP contribution in [0.5, 0.6) is 0 Å². The summed E-state index contributed by atoms with van der Waals surface area (Å²) >= 11 is 0. The van der Waals surface area contributed by atoms with Gasteiger partial charge in [-0.05, 0) is 37.9 Å². The fourth-order valence-corrected chi connectivity index (χ4v) is 3.18. The molecule has 0 saturated carbocycles. The van der Waals surface area contributed by atoms with E-state index in [-0.39, 0.29) is 0 Å². The molecule has 4 rings (SSSR count). The second-order valence-electron chi connectivity index (χ2n) is 5.39. The molecule has 0 aliphatic carbocycles. The van der Waals surface area contributed by atoms with Gasteiger partial charge in [0.15, 0.2) is 0 Å². The van der Waals surface area contributed by atoms with Crippen molar-refractivity contribution >= 4 is 5.97 Å². The highest BCUT2D eigenvalue weighted by molar-refractivity contribution is 5.87. The molecule has 4 heterocycles. The van der Waals surface area contributed by atoms with Crippen LogP contribution in [0.4, 0.5) is 0 Å². The molecule has 1 unspecified atom stereocenters. The highest BCUT2D eigenvalue weighted by atomic mass is 16.5. The molecule has 0 spiro atoms. The zero-order valence-corrected chi connectivity index (χ0v) is 11.2. The van der Waals surface area contributed by atoms with Crippen molar-refractivity contribution in [2.24, 2.45) is 5.92 Å². The first-order chi connectivity index (χ1) is 9.28. The van der Waals surface area contributed by atoms with Crippen LogP contribution in [0.25, 0.3) is 0 Å². The number of ether oxygens (including phenoxy) is 1. The number of carbonyl (C=O) groups is 1. The van der Waals surface area contributed by atoms with Gasteiger partial charge in [-0.2, -0.15) is 0 Å². The normalized spacial score (nSPS) is 29.4. The molecular weight excluding hydrogens is 244 g/mol. The molecule has 1 N–H and O–H groups in total. The van der Waals surface area contributed by atoms with Crippen LogP contribution in [-0.4, -0.2) is 43.7 Å². The van der Waals surface area contributed by atoms with Crippen LogP contribution in [0.1, 0.15) is 29.0 Å². The van der Waals surface area contributed by atoms with E-state index in [1.807, 2.05) is 6.07 Å². The average molecular weight is 264 g/mol. The minimum atomic E-state index is -0.407. The highest BCUT2D eigenvalue weighted by Crippen LogP contribution is 2.27. The van der Waals surface area contributed by atoms with Gasteiger partial charge in [0.25, 0.3) is 0 Å². The first-order valence-corrected chi connectivity index (χ1v) is 6.88. The quantitative estimate of drug-likeness (QED) is 0.829. The Kier molecular flexibility index (Phi) is 3.57. The van der Waals surface area contributed by atoms with Gasteiger partial charge >= 0.3 is 5.97 Å². The SMILES string of the molecule is COC(=O)c1occc1CNC1CN2CCC1CC2. The summed E-state index contributed by atoms with van der Waals surface area (Å²) in [5.41, 5.74) is 0.878. The summed E-state index contributed by atoms with van der Waals surface area (Å²) in [5.74, 6) is 0.686. The zero-order chi connectivity index (χ0) is 13.2. The second kappa shape index (κ2) is 5.35. The van der Waals surface area contributed by atoms with Gasteiger partial charge in [-0.25, -0.2) is 4.79 Å². The Balaban J connectivity index is 1.60. The van der Waals surface area contributed by atoms with Crippen molar-refractivity contribution in [2.45, 2.75) is 25.4 Å². The fraction of sp³-hybridized carbons (Fsp3) is 0.643. The van der Waals surface area contributed by atoms with Gasteiger partial charge in [0, 0.05) is 24.7 Å². The van der Waals surface area contributed by atoms with E-state index in [0.717, 1.165) is 18.0 Å². The van der Waals surface area contributed by atoms with E-state index < -0.39 is 5.97 Å². The van der Waals surface area contributed by atoms with Gasteiger partial charge in [-0.1, -0.05) is 0 Å². The van der Waals surface area contributed by atoms with E-state index in [0.29, 0.717) is 18.3 Å². The van der Waals surface area contributed by atoms with Crippen molar-refractivity contribution in [3.63, 3.8) is 0 Å². The smallest absolute Gasteiger partial charge is 0.374 e. The van der Waals surface area contributed by atoms with Crippen LogP contribution in [0, 0.1) is 5.92 Å². The number of piperidine rings is 3. The van der Waals surface area contributed by atoms with Crippen LogP contribution < -0.4 is 5.32 Å². The first-order valence-electron chi connectivity index (χ1n) is 6.88. The van der Waals surface area contributed by atoms with Crippen molar-refractivity contribution < 1.29 is 13.9 Å². The summed E-state index contributed by atoms with van der Waals surface area (Å²) in [6.45, 7) is 4.26. The summed E-state index contributed by atoms with van der Waals surface area (Å²) in [5, 5.41) is 3.57. The minimum absolute atomic E-state index is 0.316. The molecule has 104 valence electrons. The van der Waals surface area contributed by atoms with E-state index in [1.54, 1.807) is 6.26 Å². The number of rotatable bonds is 4. The van der Waals surface area contributed by atoms with Gasteiger partial charge in [0.05, 0.1) is 13.4 Å². The number of methoxy groups -OCH3 is 1. The number of carbonyl (C=O) groups excluding carboxylic acids is 1. The van der Waals surface area contributed by atoms with Crippen LogP contribution >= 0.6 is 0 Å². The first kappa shape index (κ1) is 12.7. The van der Waals surface area contributed by atoms with Crippen LogP contribution in [0.2, 0.25) is 0 Å². The highest BCUT2D eigenvalue weighted by Gasteiger charge is 2.33. The Morgan fingerprint density at radius 2 is 2.32 bits per heavy atom. The zero-order valence-electron chi connectivity index (χ0n) is 11.2. The molecule has 3 aliphatic rings. The Bertz CT molecular complexity index is 449. The minimum Gasteiger partial charge on any atom is -0.463 e. The predicted molar refractivity (Wildman–Crippen MR) is 69.8 cm³/mol. The number of furan rings is 1. The summed E-state index contributed by atoms with van der Waals surface area (Å²) in [7, 11) is 1.37. The summed E-state index contributed by atoms with van der Waals surface area (Å²) in [6.07, 6.45) is 4.11. The summed E-state index contributed by atoms with van der Waals surface area (Å²) < 4.78 is 9.90. The van der Waals surface area contributed by atoms with Crippen molar-refractivity contribution in [1.82, 2.24) is 10.2 Å². The van der Waals surface area contributed by atoms with Gasteiger partial charge in [0.2, 0.25) is 5.76 Å². The maximum atomic E-state index is 11.5. The topological polar surface area (TPSA) is 54.7 Å². The van der Waals surface area contributed by atoms with Crippen molar-refractivity contribution in [3.8, 4) is 0 Å². The van der Waals surface area contributed by atoms with E-state index in [2.05, 4.69) is 10.2 Å². The standard InChI is InChI=1S/C14H20N2O3/c1-18-14(17)13-11(4-7-19-13)8-15-12-9-16-5-2-10(12)3-6-16/h4,7,10,12,15H,2-3,5-6,8-9H2,1H3. The number of nitrogens with one attached hydrogen (secondary N) is 1. The van der Waals surface area contributed by atoms with Crippen molar-refractivity contribution in [1.29, 1.82) is 0 Å². The van der Waals surface area contributed by atoms with E-state index >= 15 is 0 Å². The molecule has 1 atom stereocenters. The van der Waals surface area contributed by atoms with E-state index in [9.17, 15) is 4.79 Å². The fourth-order valence-electron chi connectivity index (χ4n) is 3.18. The lowest BCUT2D eigenvalue weighted by Gasteiger charge is -2.45. The number of fused-ring (bicyclic) bond motifs is 3. The monoisotopic (exact) mass is 264 g/mol. The lowest BCUT2D eigenvalue weighted by Crippen LogP contribution is -2.55. The molecule has 1 aromatic rings. The van der Waals surface area contributed by atoms with Gasteiger partial charge < -0.3 is 19.4 Å². The molecule has 5 heteroatoms. The molecule has 3 saturated heterocycles. The van der Waals surface area contributed by atoms with Gasteiger partial charge in [-0.3, -0.25) is 0 Å². The molecule has 0 amide bonds. The molecule has 3 aliphatic heterocycles. The van der Waals surface area contributed by atoms with Crippen LogP contribution in [-0.2, 0) is 11.3 Å². The Morgan fingerprint density at radius 1 is 1.53 bits per heavy atom. The molecular formula is C14H20N2O3. The maximum Gasteiger partial charge on any atom is 0.374 e. The van der Waals surface area contributed by atoms with Gasteiger partial charge in [0.1, 0.15) is 0 Å². The largest absolute Gasteiger partial charge is 0.463 e. The van der Waals surface area contributed by atoms with Crippen LogP contribution in [0.15, 0.2) is 16.7 Å². The van der Waals surface area contributed by atoms with E-state index in [4.69, 9.17) is 9.15 Å². The molecule has 0 radical (unpaired) electrons. The van der Waals surface area contributed by atoms with Gasteiger partial charge in [-0.15, -0.1) is 0 Å². The third kappa shape index (κ3) is 2.53. The summed E-state index contributed by atoms with van der Waals surface area (Å²) in [4.78, 5) is 14.0. The number of hydrogen-bond acceptors (Lipinski definition) is 5. The molecule has 1 aromatic heterocycles. The predicted octanol–water partition coefficient (Wildman–Crippen LogP) is 1.25. The van der Waals surface area contributed by atoms with Crippen molar-refractivity contribution in [2.75, 3.05) is 26.7 Å². The lowest BCUT2D eigenvalue weighted by molar-refractivity contribution is 0.0560. The molecule has 2 bridgehead atoms. The Labute approximate surface area is 112 Å². The van der Waals surface area contributed by atoms with Crippen LogP contribution in [0.3, 0.4) is 0 Å². The Hall–Kier alpha value is -1.33. The average Bonchev–Trinajstić information content (AvgIpc) is 2.94.